The van der Waals surface area contributed by atoms with E-state index in [-0.39, 0.29) is 47.7 Å². The molecule has 0 radical (unpaired) electrons. The van der Waals surface area contributed by atoms with E-state index in [0.717, 1.165) is 5.56 Å². The molecule has 0 aliphatic heterocycles. The number of halogens is 4. The summed E-state index contributed by atoms with van der Waals surface area (Å²) in [6, 6.07) is 11.1. The van der Waals surface area contributed by atoms with Crippen molar-refractivity contribution in [3.8, 4) is 5.75 Å². The lowest BCUT2D eigenvalue weighted by atomic mass is 10.1. The van der Waals surface area contributed by atoms with Gasteiger partial charge in [-0.05, 0) is 36.2 Å². The fraction of sp³-hybridized carbons (Fsp3) is 0.333. The molecule has 0 heterocycles. The molecule has 0 atom stereocenters. The lowest BCUT2D eigenvalue weighted by molar-refractivity contribution is -0.0506. The largest absolute Gasteiger partial charge is 0.434 e. The number of rotatable bonds is 8. The highest BCUT2D eigenvalue weighted by molar-refractivity contribution is 14.0. The second-order valence-electron chi connectivity index (χ2n) is 6.60. The van der Waals surface area contributed by atoms with Crippen molar-refractivity contribution in [2.24, 2.45) is 4.99 Å². The highest BCUT2D eigenvalue weighted by atomic mass is 127. The number of ether oxygens (including phenoxy) is 1. The molecule has 0 unspecified atom stereocenters. The van der Waals surface area contributed by atoms with Crippen LogP contribution in [0, 0.1) is 5.82 Å². The maximum Gasteiger partial charge on any atom is 0.387 e. The number of carbonyl (C=O) groups is 1. The van der Waals surface area contributed by atoms with Gasteiger partial charge in [-0.15, -0.1) is 24.0 Å². The molecule has 0 saturated carbocycles. The van der Waals surface area contributed by atoms with E-state index in [4.69, 9.17) is 0 Å². The van der Waals surface area contributed by atoms with Crippen molar-refractivity contribution < 1.29 is 22.7 Å². The molecule has 0 bridgehead atoms. The minimum absolute atomic E-state index is 0. The van der Waals surface area contributed by atoms with Crippen molar-refractivity contribution in [1.82, 2.24) is 15.5 Å². The maximum atomic E-state index is 14.0. The van der Waals surface area contributed by atoms with Gasteiger partial charge in [-0.25, -0.2) is 4.39 Å². The topological polar surface area (TPSA) is 66.0 Å². The molecule has 31 heavy (non-hydrogen) atoms. The highest BCUT2D eigenvalue weighted by Crippen LogP contribution is 2.23. The minimum Gasteiger partial charge on any atom is -0.434 e. The van der Waals surface area contributed by atoms with E-state index in [1.807, 2.05) is 18.2 Å². The Labute approximate surface area is 196 Å². The first-order valence-electron chi connectivity index (χ1n) is 9.29. The Morgan fingerprint density at radius 2 is 1.87 bits per heavy atom. The summed E-state index contributed by atoms with van der Waals surface area (Å²) in [5, 5.41) is 5.96. The zero-order valence-electron chi connectivity index (χ0n) is 17.5. The Bertz CT molecular complexity index is 895. The van der Waals surface area contributed by atoms with Crippen LogP contribution in [0.3, 0.4) is 0 Å². The average molecular weight is 550 g/mol. The van der Waals surface area contributed by atoms with E-state index in [2.05, 4.69) is 20.4 Å². The van der Waals surface area contributed by atoms with Crippen LogP contribution in [0.15, 0.2) is 47.5 Å². The van der Waals surface area contributed by atoms with Crippen molar-refractivity contribution in [3.63, 3.8) is 0 Å². The number of nitrogens with one attached hydrogen (secondary N) is 2. The molecule has 2 N–H and O–H groups in total. The summed E-state index contributed by atoms with van der Waals surface area (Å²) in [4.78, 5) is 17.6. The van der Waals surface area contributed by atoms with E-state index in [1.54, 1.807) is 27.2 Å². The predicted molar refractivity (Wildman–Crippen MR) is 125 cm³/mol. The van der Waals surface area contributed by atoms with E-state index < -0.39 is 12.4 Å². The van der Waals surface area contributed by atoms with E-state index >= 15 is 0 Å². The van der Waals surface area contributed by atoms with Crippen molar-refractivity contribution in [3.05, 3.63) is 65.0 Å². The molecule has 170 valence electrons. The Balaban J connectivity index is 0.00000480. The smallest absolute Gasteiger partial charge is 0.387 e. The van der Waals surface area contributed by atoms with Crippen molar-refractivity contribution >= 4 is 35.8 Å². The molecule has 0 aromatic heterocycles. The van der Waals surface area contributed by atoms with Crippen LogP contribution >= 0.6 is 24.0 Å². The molecular weight excluding hydrogens is 524 g/mol. The molecule has 0 aliphatic rings. The van der Waals surface area contributed by atoms with Gasteiger partial charge in [0.2, 0.25) is 0 Å². The molecule has 0 saturated heterocycles. The lowest BCUT2D eigenvalue weighted by Gasteiger charge is -2.15. The van der Waals surface area contributed by atoms with Crippen LogP contribution < -0.4 is 15.4 Å². The molecule has 0 aliphatic carbocycles. The first-order chi connectivity index (χ1) is 14.3. The molecule has 0 fully saturated rings. The summed E-state index contributed by atoms with van der Waals surface area (Å²) in [7, 11) is 4.93. The molecule has 0 spiro atoms. The van der Waals surface area contributed by atoms with Gasteiger partial charge in [0.1, 0.15) is 11.6 Å². The van der Waals surface area contributed by atoms with Crippen LogP contribution in [0.5, 0.6) is 5.75 Å². The minimum atomic E-state index is -3.04. The third-order valence-electron chi connectivity index (χ3n) is 4.23. The number of guanidine groups is 1. The first-order valence-corrected chi connectivity index (χ1v) is 9.29. The number of hydrogen-bond acceptors (Lipinski definition) is 3. The van der Waals surface area contributed by atoms with Gasteiger partial charge in [0.05, 0.1) is 0 Å². The predicted octanol–water partition coefficient (Wildman–Crippen LogP) is 3.65. The number of aliphatic imine (C=N–C) groups is 1. The summed E-state index contributed by atoms with van der Waals surface area (Å²) in [5.74, 6) is -0.579. The normalized spacial score (nSPS) is 11.0. The zero-order valence-corrected chi connectivity index (χ0v) is 19.8. The Hall–Kier alpha value is -2.50. The van der Waals surface area contributed by atoms with Crippen LogP contribution in [0.1, 0.15) is 21.5 Å². The fourth-order valence-electron chi connectivity index (χ4n) is 2.75. The van der Waals surface area contributed by atoms with Gasteiger partial charge in [0, 0.05) is 45.4 Å². The Morgan fingerprint density at radius 3 is 2.52 bits per heavy atom. The van der Waals surface area contributed by atoms with E-state index in [9.17, 15) is 18.0 Å². The average Bonchev–Trinajstić information content (AvgIpc) is 2.71. The molecule has 6 nitrogen and oxygen atoms in total. The molecule has 2 rings (SSSR count). The molecule has 2 aromatic rings. The lowest BCUT2D eigenvalue weighted by Crippen LogP contribution is -2.38. The fourth-order valence-corrected chi connectivity index (χ4v) is 2.75. The number of nitrogens with zero attached hydrogens (tertiary/aromatic N) is 2. The van der Waals surface area contributed by atoms with Gasteiger partial charge in [0.25, 0.3) is 5.91 Å². The maximum absolute atomic E-state index is 14.0. The molecular formula is C21H26F3IN4O2. The van der Waals surface area contributed by atoms with Crippen molar-refractivity contribution in [1.29, 1.82) is 0 Å². The van der Waals surface area contributed by atoms with Crippen LogP contribution in [-0.4, -0.2) is 51.1 Å². The number of amides is 1. The second kappa shape index (κ2) is 13.0. The summed E-state index contributed by atoms with van der Waals surface area (Å²) in [5.41, 5.74) is 1.55. The Morgan fingerprint density at radius 1 is 1.16 bits per heavy atom. The van der Waals surface area contributed by atoms with Crippen LogP contribution in [0.4, 0.5) is 13.2 Å². The third kappa shape index (κ3) is 8.27. The van der Waals surface area contributed by atoms with Gasteiger partial charge < -0.3 is 20.3 Å². The van der Waals surface area contributed by atoms with Crippen LogP contribution in [0.25, 0.3) is 0 Å². The summed E-state index contributed by atoms with van der Waals surface area (Å²) in [6.45, 7) is -2.63. The third-order valence-corrected chi connectivity index (χ3v) is 4.23. The van der Waals surface area contributed by atoms with E-state index in [0.29, 0.717) is 24.5 Å². The number of benzene rings is 2. The number of hydrogen-bond donors (Lipinski definition) is 2. The Kier molecular flexibility index (Phi) is 11.2. The highest BCUT2D eigenvalue weighted by Gasteiger charge is 2.14. The SMILES string of the molecule is CN=C(NCCc1cccc(C(=O)N(C)C)c1)NCc1c(F)cccc1OC(F)F.I. The summed E-state index contributed by atoms with van der Waals surface area (Å²) < 4.78 is 43.5. The second-order valence-corrected chi connectivity index (χ2v) is 6.60. The van der Waals surface area contributed by atoms with Crippen LogP contribution in [0.2, 0.25) is 0 Å². The van der Waals surface area contributed by atoms with Gasteiger partial charge in [-0.1, -0.05) is 18.2 Å². The van der Waals surface area contributed by atoms with Crippen molar-refractivity contribution in [2.45, 2.75) is 19.6 Å². The van der Waals surface area contributed by atoms with Gasteiger partial charge in [-0.2, -0.15) is 8.78 Å². The number of carbonyl (C=O) groups excluding carboxylic acids is 1. The summed E-state index contributed by atoms with van der Waals surface area (Å²) >= 11 is 0. The monoisotopic (exact) mass is 550 g/mol. The van der Waals surface area contributed by atoms with Gasteiger partial charge in [-0.3, -0.25) is 9.79 Å². The molecule has 2 aromatic carbocycles. The standard InChI is InChI=1S/C21H25F3N4O2.HI/c1-25-21(27-13-16-17(22)8-5-9-18(16)30-20(23)24)26-11-10-14-6-4-7-15(12-14)19(29)28(2)3;/h4-9,12,20H,10-11,13H2,1-3H3,(H2,25,26,27);1H. The molecule has 1 amide bonds. The quantitative estimate of drug-likeness (QED) is 0.299. The first kappa shape index (κ1) is 26.5. The van der Waals surface area contributed by atoms with Crippen molar-refractivity contribution in [2.75, 3.05) is 27.7 Å². The summed E-state index contributed by atoms with van der Waals surface area (Å²) in [6.07, 6.45) is 0.620. The van der Waals surface area contributed by atoms with E-state index in [1.165, 1.54) is 23.1 Å². The molecule has 10 heteroatoms. The van der Waals surface area contributed by atoms with Crippen LogP contribution in [-0.2, 0) is 13.0 Å². The number of alkyl halides is 2. The zero-order chi connectivity index (χ0) is 22.1. The van der Waals surface area contributed by atoms with Gasteiger partial charge in [0.15, 0.2) is 5.96 Å². The van der Waals surface area contributed by atoms with Gasteiger partial charge >= 0.3 is 6.61 Å².